The third-order valence-electron chi connectivity index (χ3n) is 2.77. The first-order valence-electron chi connectivity index (χ1n) is 5.86. The second-order valence-corrected chi connectivity index (χ2v) is 4.44. The summed E-state index contributed by atoms with van der Waals surface area (Å²) in [4.78, 5) is 11.9. The first kappa shape index (κ1) is 14.3. The highest BCUT2D eigenvalue weighted by atomic mass is 16.5. The Bertz CT molecular complexity index is 419. The third-order valence-corrected chi connectivity index (χ3v) is 2.77. The number of benzene rings is 1. The quantitative estimate of drug-likeness (QED) is 0.683. The first-order valence-corrected chi connectivity index (χ1v) is 5.86. The molecule has 0 bridgehead atoms. The molecule has 4 N–H and O–H groups in total. The minimum Gasteiger partial charge on any atom is -0.495 e. The van der Waals surface area contributed by atoms with Gasteiger partial charge < -0.3 is 20.9 Å². The van der Waals surface area contributed by atoms with Crippen LogP contribution in [0.1, 0.15) is 24.2 Å². The van der Waals surface area contributed by atoms with Crippen molar-refractivity contribution in [1.29, 1.82) is 0 Å². The van der Waals surface area contributed by atoms with Crippen molar-refractivity contribution in [3.05, 3.63) is 23.8 Å². The summed E-state index contributed by atoms with van der Waals surface area (Å²) < 4.78 is 5.05. The Morgan fingerprint density at radius 1 is 1.50 bits per heavy atom. The maximum Gasteiger partial charge on any atom is 0.253 e. The number of hydrogen-bond acceptors (Lipinski definition) is 4. The largest absolute Gasteiger partial charge is 0.495 e. The number of carbonyl (C=O) groups is 1. The van der Waals surface area contributed by atoms with E-state index in [1.54, 1.807) is 18.2 Å². The van der Waals surface area contributed by atoms with Crippen LogP contribution in [0.2, 0.25) is 0 Å². The molecular weight excluding hydrogens is 232 g/mol. The lowest BCUT2D eigenvalue weighted by molar-refractivity contribution is 0.0872. The SMILES string of the molecule is COc1cccc(C(=O)NCC(O)C(C)C)c1N. The van der Waals surface area contributed by atoms with Crippen LogP contribution in [0, 0.1) is 5.92 Å². The normalized spacial score (nSPS) is 12.3. The van der Waals surface area contributed by atoms with E-state index in [9.17, 15) is 9.90 Å². The predicted octanol–water partition coefficient (Wildman–Crippen LogP) is 1.02. The molecule has 1 unspecified atom stereocenters. The number of aliphatic hydroxyl groups is 1. The van der Waals surface area contributed by atoms with Crippen LogP contribution in [0.3, 0.4) is 0 Å². The van der Waals surface area contributed by atoms with Gasteiger partial charge in [0.15, 0.2) is 0 Å². The molecule has 0 heterocycles. The molecular formula is C13H20N2O3. The topological polar surface area (TPSA) is 84.6 Å². The number of rotatable bonds is 5. The van der Waals surface area contributed by atoms with Gasteiger partial charge in [-0.1, -0.05) is 19.9 Å². The molecule has 18 heavy (non-hydrogen) atoms. The molecule has 1 aromatic rings. The molecule has 0 aromatic heterocycles. The van der Waals surface area contributed by atoms with Crippen LogP contribution >= 0.6 is 0 Å². The van der Waals surface area contributed by atoms with E-state index in [0.29, 0.717) is 17.0 Å². The number of carbonyl (C=O) groups excluding carboxylic acids is 1. The van der Waals surface area contributed by atoms with Gasteiger partial charge in [0.2, 0.25) is 0 Å². The van der Waals surface area contributed by atoms with E-state index in [1.807, 2.05) is 13.8 Å². The highest BCUT2D eigenvalue weighted by Crippen LogP contribution is 2.24. The van der Waals surface area contributed by atoms with Gasteiger partial charge in [0.05, 0.1) is 24.5 Å². The van der Waals surface area contributed by atoms with Gasteiger partial charge in [-0.15, -0.1) is 0 Å². The van der Waals surface area contributed by atoms with E-state index >= 15 is 0 Å². The average Bonchev–Trinajstić information content (AvgIpc) is 2.35. The fourth-order valence-electron chi connectivity index (χ4n) is 1.45. The summed E-state index contributed by atoms with van der Waals surface area (Å²) in [6.45, 7) is 3.97. The summed E-state index contributed by atoms with van der Waals surface area (Å²) in [6.07, 6.45) is -0.569. The molecule has 1 rings (SSSR count). The van der Waals surface area contributed by atoms with Gasteiger partial charge in [0.1, 0.15) is 5.75 Å². The van der Waals surface area contributed by atoms with Gasteiger partial charge in [-0.25, -0.2) is 0 Å². The van der Waals surface area contributed by atoms with Gasteiger partial charge in [-0.2, -0.15) is 0 Å². The molecule has 100 valence electrons. The van der Waals surface area contributed by atoms with Crippen LogP contribution in [-0.4, -0.2) is 30.8 Å². The second-order valence-electron chi connectivity index (χ2n) is 4.44. The molecule has 0 aliphatic rings. The zero-order valence-electron chi connectivity index (χ0n) is 10.9. The Morgan fingerprint density at radius 3 is 2.72 bits per heavy atom. The maximum absolute atomic E-state index is 11.9. The number of aliphatic hydroxyl groups excluding tert-OH is 1. The monoisotopic (exact) mass is 252 g/mol. The number of ether oxygens (including phenoxy) is 1. The molecule has 0 saturated carbocycles. The van der Waals surface area contributed by atoms with Gasteiger partial charge in [0.25, 0.3) is 5.91 Å². The summed E-state index contributed by atoms with van der Waals surface area (Å²) in [7, 11) is 1.50. The van der Waals surface area contributed by atoms with Crippen molar-refractivity contribution in [3.63, 3.8) is 0 Å². The number of anilines is 1. The van der Waals surface area contributed by atoms with Crippen LogP contribution in [0.5, 0.6) is 5.75 Å². The lowest BCUT2D eigenvalue weighted by Crippen LogP contribution is -2.35. The van der Waals surface area contributed by atoms with E-state index in [1.165, 1.54) is 7.11 Å². The Hall–Kier alpha value is -1.75. The molecule has 0 radical (unpaired) electrons. The number of amides is 1. The number of methoxy groups -OCH3 is 1. The van der Waals surface area contributed by atoms with E-state index in [0.717, 1.165) is 0 Å². The molecule has 0 spiro atoms. The minimum absolute atomic E-state index is 0.0907. The smallest absolute Gasteiger partial charge is 0.253 e. The number of nitrogens with two attached hydrogens (primary N) is 1. The molecule has 0 aliphatic heterocycles. The summed E-state index contributed by atoms with van der Waals surface area (Å²) in [5.41, 5.74) is 6.47. The van der Waals surface area contributed by atoms with Crippen molar-refractivity contribution in [2.75, 3.05) is 19.4 Å². The van der Waals surface area contributed by atoms with Gasteiger partial charge in [0, 0.05) is 6.54 Å². The summed E-state index contributed by atoms with van der Waals surface area (Å²) in [5.74, 6) is 0.242. The van der Waals surface area contributed by atoms with Crippen molar-refractivity contribution < 1.29 is 14.6 Å². The Labute approximate surface area is 107 Å². The fraction of sp³-hybridized carbons (Fsp3) is 0.462. The molecule has 1 aromatic carbocycles. The molecule has 5 heteroatoms. The van der Waals surface area contributed by atoms with Gasteiger partial charge in [-0.05, 0) is 18.1 Å². The van der Waals surface area contributed by atoms with E-state index in [-0.39, 0.29) is 18.4 Å². The molecule has 0 saturated heterocycles. The molecule has 1 atom stereocenters. The van der Waals surface area contributed by atoms with Crippen LogP contribution in [0.4, 0.5) is 5.69 Å². The number of para-hydroxylation sites is 1. The van der Waals surface area contributed by atoms with Crippen molar-refractivity contribution in [2.45, 2.75) is 20.0 Å². The number of hydrogen-bond donors (Lipinski definition) is 3. The lowest BCUT2D eigenvalue weighted by Gasteiger charge is -2.16. The Balaban J connectivity index is 2.73. The van der Waals surface area contributed by atoms with Crippen molar-refractivity contribution >= 4 is 11.6 Å². The maximum atomic E-state index is 11.9. The predicted molar refractivity (Wildman–Crippen MR) is 70.6 cm³/mol. The van der Waals surface area contributed by atoms with Crippen molar-refractivity contribution in [3.8, 4) is 5.75 Å². The van der Waals surface area contributed by atoms with Crippen molar-refractivity contribution in [1.82, 2.24) is 5.32 Å². The average molecular weight is 252 g/mol. The van der Waals surface area contributed by atoms with Crippen LogP contribution in [0.25, 0.3) is 0 Å². The van der Waals surface area contributed by atoms with E-state index in [2.05, 4.69) is 5.32 Å². The molecule has 0 aliphatic carbocycles. The standard InChI is InChI=1S/C13H20N2O3/c1-8(2)10(16)7-15-13(17)9-5-4-6-11(18-3)12(9)14/h4-6,8,10,16H,7,14H2,1-3H3,(H,15,17). The fourth-order valence-corrected chi connectivity index (χ4v) is 1.45. The highest BCUT2D eigenvalue weighted by molar-refractivity contribution is 6.00. The zero-order chi connectivity index (χ0) is 13.7. The first-order chi connectivity index (χ1) is 8.47. The second kappa shape index (κ2) is 6.26. The summed E-state index contributed by atoms with van der Waals surface area (Å²) in [5, 5.41) is 12.3. The highest BCUT2D eigenvalue weighted by Gasteiger charge is 2.15. The lowest BCUT2D eigenvalue weighted by atomic mass is 10.1. The molecule has 1 amide bonds. The van der Waals surface area contributed by atoms with Crippen LogP contribution < -0.4 is 15.8 Å². The van der Waals surface area contributed by atoms with E-state index in [4.69, 9.17) is 10.5 Å². The zero-order valence-corrected chi connectivity index (χ0v) is 10.9. The molecule has 0 fully saturated rings. The Kier molecular flexibility index (Phi) is 4.97. The van der Waals surface area contributed by atoms with E-state index < -0.39 is 6.10 Å². The van der Waals surface area contributed by atoms with Gasteiger partial charge in [-0.3, -0.25) is 4.79 Å². The third kappa shape index (κ3) is 3.37. The van der Waals surface area contributed by atoms with Crippen LogP contribution in [-0.2, 0) is 0 Å². The Morgan fingerprint density at radius 2 is 2.17 bits per heavy atom. The minimum atomic E-state index is -0.569. The number of nitrogen functional groups attached to an aromatic ring is 1. The molecule has 5 nitrogen and oxygen atoms in total. The summed E-state index contributed by atoms with van der Waals surface area (Å²) >= 11 is 0. The van der Waals surface area contributed by atoms with Crippen molar-refractivity contribution in [2.24, 2.45) is 5.92 Å². The van der Waals surface area contributed by atoms with Gasteiger partial charge >= 0.3 is 0 Å². The number of nitrogens with one attached hydrogen (secondary N) is 1. The van der Waals surface area contributed by atoms with Crippen LogP contribution in [0.15, 0.2) is 18.2 Å². The summed E-state index contributed by atoms with van der Waals surface area (Å²) in [6, 6.07) is 5.01.